The molecule has 180 valence electrons. The van der Waals surface area contributed by atoms with Crippen molar-refractivity contribution in [2.45, 2.75) is 38.2 Å². The molecule has 0 spiro atoms. The van der Waals surface area contributed by atoms with E-state index in [9.17, 15) is 14.4 Å². The van der Waals surface area contributed by atoms with E-state index in [1.165, 1.54) is 4.90 Å². The number of rotatable bonds is 8. The number of fused-ring (bicyclic) bond motifs is 1. The summed E-state index contributed by atoms with van der Waals surface area (Å²) in [7, 11) is 0. The van der Waals surface area contributed by atoms with Gasteiger partial charge in [0.25, 0.3) is 11.8 Å². The number of benzene rings is 2. The summed E-state index contributed by atoms with van der Waals surface area (Å²) < 4.78 is 12.5. The molecule has 5 rings (SSSR count). The van der Waals surface area contributed by atoms with Crippen molar-refractivity contribution in [1.29, 1.82) is 0 Å². The maximum Gasteiger partial charge on any atom is 0.308 e. The molecule has 3 aromatic rings. The first-order valence-corrected chi connectivity index (χ1v) is 11.7. The molecular weight excluding hydrogens is 448 g/mol. The van der Waals surface area contributed by atoms with Crippen molar-refractivity contribution in [3.05, 3.63) is 66.4 Å². The van der Waals surface area contributed by atoms with E-state index >= 15 is 0 Å². The average molecular weight is 475 g/mol. The Bertz CT molecular complexity index is 1250. The summed E-state index contributed by atoms with van der Waals surface area (Å²) >= 11 is 0. The zero-order valence-electron chi connectivity index (χ0n) is 19.3. The van der Waals surface area contributed by atoms with Crippen LogP contribution in [0.4, 0.5) is 11.5 Å². The third-order valence-corrected chi connectivity index (χ3v) is 5.97. The predicted molar refractivity (Wildman–Crippen MR) is 129 cm³/mol. The Labute approximate surface area is 202 Å². The molecule has 1 aromatic heterocycles. The number of ether oxygens (including phenoxy) is 2. The van der Waals surface area contributed by atoms with Crippen molar-refractivity contribution in [1.82, 2.24) is 9.78 Å². The van der Waals surface area contributed by atoms with E-state index in [0.717, 1.165) is 24.2 Å². The molecule has 2 heterocycles. The molecule has 1 aliphatic heterocycles. The minimum absolute atomic E-state index is 0.0478. The predicted octanol–water partition coefficient (Wildman–Crippen LogP) is 3.44. The van der Waals surface area contributed by atoms with Crippen LogP contribution in [0.15, 0.2) is 60.7 Å². The third-order valence-electron chi connectivity index (χ3n) is 5.97. The molecule has 2 aromatic carbocycles. The van der Waals surface area contributed by atoms with E-state index in [2.05, 4.69) is 10.4 Å². The normalized spacial score (nSPS) is 16.9. The first-order valence-electron chi connectivity index (χ1n) is 11.7. The van der Waals surface area contributed by atoms with Crippen LogP contribution in [-0.2, 0) is 19.1 Å². The monoisotopic (exact) mass is 474 g/mol. The Morgan fingerprint density at radius 1 is 1.11 bits per heavy atom. The number of nitrogens with one attached hydrogen (secondary N) is 1. The van der Waals surface area contributed by atoms with E-state index in [1.54, 1.807) is 29.8 Å². The number of hydrogen-bond donors (Lipinski definition) is 1. The van der Waals surface area contributed by atoms with Gasteiger partial charge < -0.3 is 19.7 Å². The van der Waals surface area contributed by atoms with Gasteiger partial charge in [0.15, 0.2) is 12.7 Å². The van der Waals surface area contributed by atoms with Crippen molar-refractivity contribution in [3.63, 3.8) is 0 Å². The number of amides is 2. The molecule has 1 fully saturated rings. The third kappa shape index (κ3) is 5.03. The highest BCUT2D eigenvalue weighted by Gasteiger charge is 2.31. The molecule has 0 radical (unpaired) electrons. The second-order valence-electron chi connectivity index (χ2n) is 8.65. The summed E-state index contributed by atoms with van der Waals surface area (Å²) in [6.45, 7) is 1.37. The maximum absolute atomic E-state index is 12.5. The van der Waals surface area contributed by atoms with Crippen molar-refractivity contribution >= 4 is 29.3 Å². The van der Waals surface area contributed by atoms with E-state index < -0.39 is 24.6 Å². The van der Waals surface area contributed by atoms with E-state index in [1.807, 2.05) is 42.5 Å². The zero-order valence-corrected chi connectivity index (χ0v) is 19.3. The zero-order chi connectivity index (χ0) is 24.4. The van der Waals surface area contributed by atoms with Gasteiger partial charge in [-0.15, -0.1) is 0 Å². The molecule has 9 nitrogen and oxygen atoms in total. The second kappa shape index (κ2) is 9.61. The number of anilines is 2. The molecule has 1 N–H and O–H groups in total. The summed E-state index contributed by atoms with van der Waals surface area (Å²) in [5, 5.41) is 7.45. The van der Waals surface area contributed by atoms with Gasteiger partial charge in [-0.05, 0) is 44.0 Å². The van der Waals surface area contributed by atoms with Gasteiger partial charge in [-0.3, -0.25) is 14.4 Å². The number of aromatic nitrogens is 2. The number of esters is 1. The molecule has 2 aliphatic rings. The van der Waals surface area contributed by atoms with Gasteiger partial charge in [0.05, 0.1) is 23.5 Å². The summed E-state index contributed by atoms with van der Waals surface area (Å²) in [5.74, 6) is 0.287. The van der Waals surface area contributed by atoms with Crippen molar-refractivity contribution < 1.29 is 23.9 Å². The average Bonchev–Trinajstić information content (AvgIpc) is 3.64. The molecule has 1 unspecified atom stereocenters. The van der Waals surface area contributed by atoms with Gasteiger partial charge in [-0.1, -0.05) is 30.3 Å². The summed E-state index contributed by atoms with van der Waals surface area (Å²) in [6, 6.07) is 18.6. The van der Waals surface area contributed by atoms with E-state index in [4.69, 9.17) is 9.47 Å². The lowest BCUT2D eigenvalue weighted by molar-refractivity contribution is -0.147. The standard InChI is InChI=1S/C26H26N4O5/c1-17-26(33)29(21-9-5-6-10-22(21)35-17)14-13-25(32)34-16-24(31)27-23-15-20(18-11-12-18)28-30(23)19-7-3-2-4-8-19/h2-10,15,17-18H,11-14,16H2,1H3,(H,27,31). The van der Waals surface area contributed by atoms with Crippen LogP contribution in [0.2, 0.25) is 0 Å². The Kier molecular flexibility index (Phi) is 6.22. The molecule has 1 saturated carbocycles. The lowest BCUT2D eigenvalue weighted by Gasteiger charge is -2.32. The molecule has 1 atom stereocenters. The van der Waals surface area contributed by atoms with Crippen LogP contribution in [0.25, 0.3) is 5.69 Å². The highest BCUT2D eigenvalue weighted by atomic mass is 16.5. The fourth-order valence-corrected chi connectivity index (χ4v) is 4.02. The first kappa shape index (κ1) is 22.6. The molecule has 0 bridgehead atoms. The van der Waals surface area contributed by atoms with Crippen molar-refractivity contribution in [3.8, 4) is 11.4 Å². The SMILES string of the molecule is CC1Oc2ccccc2N(CCC(=O)OCC(=O)Nc2cc(C3CC3)nn2-c2ccccc2)C1=O. The highest BCUT2D eigenvalue weighted by molar-refractivity contribution is 6.00. The smallest absolute Gasteiger partial charge is 0.308 e. The Morgan fingerprint density at radius 3 is 2.63 bits per heavy atom. The molecule has 1 aliphatic carbocycles. The Balaban J connectivity index is 1.17. The molecule has 0 saturated heterocycles. The molecule has 2 amide bonds. The molecular formula is C26H26N4O5. The fraction of sp³-hybridized carbons (Fsp3) is 0.308. The maximum atomic E-state index is 12.5. The summed E-state index contributed by atoms with van der Waals surface area (Å²) in [4.78, 5) is 39.0. The quantitative estimate of drug-likeness (QED) is 0.502. The van der Waals surface area contributed by atoms with Gasteiger partial charge in [0.2, 0.25) is 0 Å². The van der Waals surface area contributed by atoms with E-state index in [0.29, 0.717) is 23.2 Å². The van der Waals surface area contributed by atoms with Crippen LogP contribution in [0, 0.1) is 0 Å². The molecule has 9 heteroatoms. The van der Waals surface area contributed by atoms with Crippen LogP contribution < -0.4 is 15.0 Å². The summed E-state index contributed by atoms with van der Waals surface area (Å²) in [6.07, 6.45) is 1.49. The number of carbonyl (C=O) groups excluding carboxylic acids is 3. The van der Waals surface area contributed by atoms with Gasteiger partial charge in [-0.25, -0.2) is 4.68 Å². The van der Waals surface area contributed by atoms with Gasteiger partial charge in [-0.2, -0.15) is 5.10 Å². The van der Waals surface area contributed by atoms with Gasteiger partial charge in [0, 0.05) is 18.5 Å². The largest absolute Gasteiger partial charge is 0.479 e. The summed E-state index contributed by atoms with van der Waals surface area (Å²) in [5.41, 5.74) is 2.38. The fourth-order valence-electron chi connectivity index (χ4n) is 4.02. The van der Waals surface area contributed by atoms with E-state index in [-0.39, 0.29) is 18.9 Å². The Hall–Kier alpha value is -4.14. The molecule has 35 heavy (non-hydrogen) atoms. The van der Waals surface area contributed by atoms with Gasteiger partial charge in [0.1, 0.15) is 11.6 Å². The van der Waals surface area contributed by atoms with Crippen LogP contribution >= 0.6 is 0 Å². The number of carbonyl (C=O) groups is 3. The number of hydrogen-bond acceptors (Lipinski definition) is 6. The van der Waals surface area contributed by atoms with Crippen LogP contribution in [-0.4, -0.2) is 46.8 Å². The van der Waals surface area contributed by atoms with Crippen molar-refractivity contribution in [2.24, 2.45) is 0 Å². The lowest BCUT2D eigenvalue weighted by atomic mass is 10.2. The first-order chi connectivity index (χ1) is 17.0. The lowest BCUT2D eigenvalue weighted by Crippen LogP contribution is -2.45. The highest BCUT2D eigenvalue weighted by Crippen LogP contribution is 2.40. The minimum Gasteiger partial charge on any atom is -0.479 e. The van der Waals surface area contributed by atoms with Crippen molar-refractivity contribution in [2.75, 3.05) is 23.4 Å². The van der Waals surface area contributed by atoms with Crippen LogP contribution in [0.3, 0.4) is 0 Å². The number of nitrogens with zero attached hydrogens (tertiary/aromatic N) is 3. The van der Waals surface area contributed by atoms with Gasteiger partial charge >= 0.3 is 5.97 Å². The minimum atomic E-state index is -0.637. The number of para-hydroxylation sites is 3. The van der Waals surface area contributed by atoms with Crippen LogP contribution in [0.1, 0.15) is 37.8 Å². The Morgan fingerprint density at radius 2 is 1.86 bits per heavy atom. The topological polar surface area (TPSA) is 103 Å². The van der Waals surface area contributed by atoms with Crippen LogP contribution in [0.5, 0.6) is 5.75 Å². The second-order valence-corrected chi connectivity index (χ2v) is 8.65.